The molecule has 0 bridgehead atoms. The lowest BCUT2D eigenvalue weighted by Gasteiger charge is -2.13. The number of nitrogens with one attached hydrogen (secondary N) is 2. The number of carbonyl (C=O) groups excluding carboxylic acids is 1. The lowest BCUT2D eigenvalue weighted by molar-refractivity contribution is -0.138. The van der Waals surface area contributed by atoms with Crippen LogP contribution < -0.4 is 10.6 Å². The van der Waals surface area contributed by atoms with Crippen LogP contribution in [0.5, 0.6) is 0 Å². The SMILES string of the molecule is Cc1c(NCCOCCOCCOCCOCCOCCC(=O)O)cccc1C(=O)NC1=NC(C)C(C)S1. The molecule has 0 saturated heterocycles. The smallest absolute Gasteiger partial charge is 0.305 e. The minimum absolute atomic E-state index is 0.00365. The van der Waals surface area contributed by atoms with Crippen LogP contribution in [0, 0.1) is 6.92 Å². The first-order valence-electron chi connectivity index (χ1n) is 12.9. The van der Waals surface area contributed by atoms with E-state index in [4.69, 9.17) is 28.8 Å². The zero-order valence-corrected chi connectivity index (χ0v) is 23.3. The van der Waals surface area contributed by atoms with Crippen molar-refractivity contribution in [1.29, 1.82) is 0 Å². The van der Waals surface area contributed by atoms with E-state index in [9.17, 15) is 9.59 Å². The summed E-state index contributed by atoms with van der Waals surface area (Å²) in [6.45, 7) is 10.9. The second kappa shape index (κ2) is 18.9. The van der Waals surface area contributed by atoms with Gasteiger partial charge in [0.15, 0.2) is 5.17 Å². The number of aliphatic imine (C=N–C) groups is 1. The maximum absolute atomic E-state index is 12.7. The fraction of sp³-hybridized carbons (Fsp3) is 0.654. The lowest BCUT2D eigenvalue weighted by atomic mass is 10.1. The van der Waals surface area contributed by atoms with Crippen molar-refractivity contribution in [3.63, 3.8) is 0 Å². The molecule has 1 heterocycles. The van der Waals surface area contributed by atoms with Crippen molar-refractivity contribution in [2.45, 2.75) is 38.5 Å². The van der Waals surface area contributed by atoms with Gasteiger partial charge in [-0.25, -0.2) is 0 Å². The average Bonchev–Trinajstić information content (AvgIpc) is 3.19. The highest BCUT2D eigenvalue weighted by Gasteiger charge is 2.24. The fourth-order valence-corrected chi connectivity index (χ4v) is 4.28. The summed E-state index contributed by atoms with van der Waals surface area (Å²) in [6.07, 6.45) is -0.00365. The first-order valence-corrected chi connectivity index (χ1v) is 13.8. The van der Waals surface area contributed by atoms with Gasteiger partial charge in [-0.2, -0.15) is 0 Å². The second-order valence-electron chi connectivity index (χ2n) is 8.56. The van der Waals surface area contributed by atoms with E-state index >= 15 is 0 Å². The van der Waals surface area contributed by atoms with Gasteiger partial charge in [0.05, 0.1) is 78.5 Å². The van der Waals surface area contributed by atoms with Crippen molar-refractivity contribution in [2.75, 3.05) is 77.9 Å². The third kappa shape index (κ3) is 13.0. The summed E-state index contributed by atoms with van der Waals surface area (Å²) >= 11 is 1.59. The van der Waals surface area contributed by atoms with Crippen LogP contribution in [-0.4, -0.2) is 106 Å². The topological polar surface area (TPSA) is 137 Å². The number of rotatable bonds is 20. The Morgan fingerprint density at radius 2 is 1.45 bits per heavy atom. The molecule has 0 aliphatic carbocycles. The Hall–Kier alpha value is -2.22. The van der Waals surface area contributed by atoms with E-state index < -0.39 is 5.97 Å². The molecule has 1 aliphatic heterocycles. The zero-order valence-electron chi connectivity index (χ0n) is 22.5. The molecule has 1 amide bonds. The highest BCUT2D eigenvalue weighted by molar-refractivity contribution is 8.14. The summed E-state index contributed by atoms with van der Waals surface area (Å²) in [5.74, 6) is -1.02. The number of anilines is 1. The molecule has 2 atom stereocenters. The number of carboxylic acid groups (broad SMARTS) is 1. The highest BCUT2D eigenvalue weighted by Crippen LogP contribution is 2.25. The number of aliphatic carboxylic acids is 1. The number of amidine groups is 1. The molecule has 1 aromatic rings. The molecule has 0 spiro atoms. The molecule has 2 unspecified atom stereocenters. The van der Waals surface area contributed by atoms with Crippen molar-refractivity contribution in [3.8, 4) is 0 Å². The number of hydrogen-bond donors (Lipinski definition) is 3. The molecular weight excluding hydrogens is 514 g/mol. The van der Waals surface area contributed by atoms with Crippen molar-refractivity contribution in [3.05, 3.63) is 29.3 Å². The van der Waals surface area contributed by atoms with Gasteiger partial charge in [0, 0.05) is 23.0 Å². The minimum atomic E-state index is -0.875. The third-order valence-corrected chi connectivity index (χ3v) is 6.80. The molecule has 214 valence electrons. The van der Waals surface area contributed by atoms with Gasteiger partial charge in [-0.3, -0.25) is 14.6 Å². The number of benzene rings is 1. The van der Waals surface area contributed by atoms with Crippen LogP contribution in [0.4, 0.5) is 5.69 Å². The molecule has 38 heavy (non-hydrogen) atoms. The van der Waals surface area contributed by atoms with Crippen molar-refractivity contribution >= 4 is 34.5 Å². The van der Waals surface area contributed by atoms with Crippen LogP contribution in [0.3, 0.4) is 0 Å². The van der Waals surface area contributed by atoms with Gasteiger partial charge in [-0.05, 0) is 31.5 Å². The summed E-state index contributed by atoms with van der Waals surface area (Å²) < 4.78 is 26.9. The number of thioether (sulfide) groups is 1. The van der Waals surface area contributed by atoms with Crippen LogP contribution in [-0.2, 0) is 28.5 Å². The predicted octanol–water partition coefficient (Wildman–Crippen LogP) is 2.57. The van der Waals surface area contributed by atoms with E-state index in [1.54, 1.807) is 11.8 Å². The molecule has 12 heteroatoms. The first kappa shape index (κ1) is 32.0. The molecule has 0 radical (unpaired) electrons. The third-order valence-electron chi connectivity index (χ3n) is 5.61. The largest absolute Gasteiger partial charge is 0.481 e. The van der Waals surface area contributed by atoms with Crippen molar-refractivity contribution in [2.24, 2.45) is 4.99 Å². The van der Waals surface area contributed by atoms with Gasteiger partial charge in [-0.1, -0.05) is 24.8 Å². The van der Waals surface area contributed by atoms with Gasteiger partial charge < -0.3 is 39.4 Å². The Bertz CT molecular complexity index is 886. The van der Waals surface area contributed by atoms with Gasteiger partial charge in [0.25, 0.3) is 5.91 Å². The van der Waals surface area contributed by atoms with E-state index in [2.05, 4.69) is 22.5 Å². The Kier molecular flexibility index (Phi) is 15.9. The second-order valence-corrected chi connectivity index (χ2v) is 9.93. The van der Waals surface area contributed by atoms with Gasteiger partial charge in [0.1, 0.15) is 0 Å². The molecule has 1 aromatic carbocycles. The molecule has 3 N–H and O–H groups in total. The summed E-state index contributed by atoms with van der Waals surface area (Å²) in [6, 6.07) is 5.82. The van der Waals surface area contributed by atoms with E-state index in [1.165, 1.54) is 0 Å². The molecule has 11 nitrogen and oxygen atoms in total. The van der Waals surface area contributed by atoms with E-state index in [0.29, 0.717) is 82.0 Å². The predicted molar refractivity (Wildman–Crippen MR) is 147 cm³/mol. The van der Waals surface area contributed by atoms with Crippen LogP contribution in [0.25, 0.3) is 0 Å². The molecule has 0 aromatic heterocycles. The van der Waals surface area contributed by atoms with E-state index in [-0.39, 0.29) is 25.0 Å². The van der Waals surface area contributed by atoms with Gasteiger partial charge in [0.2, 0.25) is 0 Å². The first-order chi connectivity index (χ1) is 18.4. The maximum atomic E-state index is 12.7. The van der Waals surface area contributed by atoms with Gasteiger partial charge >= 0.3 is 5.97 Å². The zero-order chi connectivity index (χ0) is 27.6. The molecule has 1 aliphatic rings. The van der Waals surface area contributed by atoms with E-state index in [0.717, 1.165) is 11.3 Å². The number of nitrogens with zero attached hydrogens (tertiary/aromatic N) is 1. The number of ether oxygens (including phenoxy) is 5. The fourth-order valence-electron chi connectivity index (χ4n) is 3.29. The molecule has 2 rings (SSSR count). The molecular formula is C26H41N3O8S. The number of carbonyl (C=O) groups is 2. The molecule has 0 fully saturated rings. The summed E-state index contributed by atoms with van der Waals surface area (Å²) in [5.41, 5.74) is 2.40. The van der Waals surface area contributed by atoms with Crippen molar-refractivity contribution < 1.29 is 38.4 Å². The maximum Gasteiger partial charge on any atom is 0.305 e. The number of carboxylic acids is 1. The standard InChI is InChI=1S/C26H41N3O8S/c1-19-22(25(32)29-26-28-20(2)21(3)38-26)5-4-6-23(19)27-8-10-34-12-14-36-16-18-37-17-15-35-13-11-33-9-7-24(30)31/h4-6,20-21,27H,7-18H2,1-3H3,(H,30,31)(H,28,29,32). The van der Waals surface area contributed by atoms with E-state index in [1.807, 2.05) is 32.0 Å². The lowest BCUT2D eigenvalue weighted by Crippen LogP contribution is -2.28. The van der Waals surface area contributed by atoms with Crippen LogP contribution in [0.1, 0.15) is 36.2 Å². The number of amides is 1. The normalized spacial score (nSPS) is 16.9. The van der Waals surface area contributed by atoms with Crippen LogP contribution in [0.2, 0.25) is 0 Å². The summed E-state index contributed by atoms with van der Waals surface area (Å²) in [4.78, 5) is 27.6. The Balaban J connectivity index is 1.45. The quantitative estimate of drug-likeness (QED) is 0.206. The minimum Gasteiger partial charge on any atom is -0.481 e. The van der Waals surface area contributed by atoms with Crippen molar-refractivity contribution in [1.82, 2.24) is 5.32 Å². The summed E-state index contributed by atoms with van der Waals surface area (Å²) in [7, 11) is 0. The van der Waals surface area contributed by atoms with Gasteiger partial charge in [-0.15, -0.1) is 0 Å². The molecule has 0 saturated carbocycles. The van der Waals surface area contributed by atoms with Crippen LogP contribution in [0.15, 0.2) is 23.2 Å². The Labute approximate surface area is 229 Å². The average molecular weight is 556 g/mol. The Morgan fingerprint density at radius 1 is 0.895 bits per heavy atom. The number of hydrogen-bond acceptors (Lipinski definition) is 10. The van der Waals surface area contributed by atoms with Crippen LogP contribution >= 0.6 is 11.8 Å². The highest BCUT2D eigenvalue weighted by atomic mass is 32.2. The monoisotopic (exact) mass is 555 g/mol. The Morgan fingerprint density at radius 3 is 1.97 bits per heavy atom. The summed E-state index contributed by atoms with van der Waals surface area (Å²) in [5, 5.41) is 15.8.